The predicted molar refractivity (Wildman–Crippen MR) is 72.2 cm³/mol. The number of hydrogen-bond donors (Lipinski definition) is 1. The topological polar surface area (TPSA) is 72.2 Å². The standard InChI is InChI=1S/C14H11FN2O3/c1-9-5-6-12(8-13(9)17(19)20)16-14(18)10-3-2-4-11(15)7-10/h2-8H,1H3,(H,16,18). The van der Waals surface area contributed by atoms with E-state index in [0.29, 0.717) is 5.56 Å². The number of amides is 1. The second kappa shape index (κ2) is 5.48. The Kier molecular flexibility index (Phi) is 3.74. The second-order valence-corrected chi connectivity index (χ2v) is 4.22. The van der Waals surface area contributed by atoms with E-state index in [2.05, 4.69) is 5.32 Å². The minimum absolute atomic E-state index is 0.0814. The summed E-state index contributed by atoms with van der Waals surface area (Å²) in [6, 6.07) is 9.57. The molecule has 2 rings (SSSR count). The molecule has 0 atom stereocenters. The van der Waals surface area contributed by atoms with Gasteiger partial charge in [0, 0.05) is 22.9 Å². The van der Waals surface area contributed by atoms with Gasteiger partial charge in [0.1, 0.15) is 5.82 Å². The third kappa shape index (κ3) is 2.97. The Labute approximate surface area is 114 Å². The molecule has 1 N–H and O–H groups in total. The second-order valence-electron chi connectivity index (χ2n) is 4.22. The van der Waals surface area contributed by atoms with Crippen molar-refractivity contribution >= 4 is 17.3 Å². The molecule has 0 radical (unpaired) electrons. The van der Waals surface area contributed by atoms with Crippen molar-refractivity contribution < 1.29 is 14.1 Å². The fourth-order valence-electron chi connectivity index (χ4n) is 1.72. The van der Waals surface area contributed by atoms with Crippen molar-refractivity contribution in [1.29, 1.82) is 0 Å². The highest BCUT2D eigenvalue weighted by Crippen LogP contribution is 2.22. The van der Waals surface area contributed by atoms with Gasteiger partial charge in [0.2, 0.25) is 0 Å². The van der Waals surface area contributed by atoms with E-state index in [-0.39, 0.29) is 16.9 Å². The number of nitrogens with one attached hydrogen (secondary N) is 1. The molecule has 0 aliphatic heterocycles. The molecule has 1 amide bonds. The lowest BCUT2D eigenvalue weighted by molar-refractivity contribution is -0.385. The van der Waals surface area contributed by atoms with Crippen LogP contribution in [0.4, 0.5) is 15.8 Å². The van der Waals surface area contributed by atoms with Crippen molar-refractivity contribution in [2.75, 3.05) is 5.32 Å². The van der Waals surface area contributed by atoms with Crippen molar-refractivity contribution in [2.24, 2.45) is 0 Å². The summed E-state index contributed by atoms with van der Waals surface area (Å²) in [7, 11) is 0. The molecule has 0 saturated heterocycles. The molecule has 20 heavy (non-hydrogen) atoms. The predicted octanol–water partition coefficient (Wildman–Crippen LogP) is 3.29. The first kappa shape index (κ1) is 13.7. The molecular formula is C14H11FN2O3. The number of carbonyl (C=O) groups is 1. The highest BCUT2D eigenvalue weighted by atomic mass is 19.1. The molecule has 0 spiro atoms. The number of rotatable bonds is 3. The summed E-state index contributed by atoms with van der Waals surface area (Å²) in [5.74, 6) is -1.05. The van der Waals surface area contributed by atoms with Crippen molar-refractivity contribution in [3.63, 3.8) is 0 Å². The summed E-state index contributed by atoms with van der Waals surface area (Å²) in [6.07, 6.45) is 0. The van der Waals surface area contributed by atoms with Gasteiger partial charge < -0.3 is 5.32 Å². The number of benzene rings is 2. The van der Waals surface area contributed by atoms with Gasteiger partial charge in [0.25, 0.3) is 11.6 Å². The van der Waals surface area contributed by atoms with Crippen LogP contribution < -0.4 is 5.32 Å². The van der Waals surface area contributed by atoms with Crippen LogP contribution in [0.15, 0.2) is 42.5 Å². The third-order valence-electron chi connectivity index (χ3n) is 2.75. The van der Waals surface area contributed by atoms with Gasteiger partial charge in [0.15, 0.2) is 0 Å². The van der Waals surface area contributed by atoms with Crippen LogP contribution in [0.25, 0.3) is 0 Å². The fourth-order valence-corrected chi connectivity index (χ4v) is 1.72. The first-order chi connectivity index (χ1) is 9.47. The van der Waals surface area contributed by atoms with E-state index in [4.69, 9.17) is 0 Å². The number of anilines is 1. The van der Waals surface area contributed by atoms with Crippen molar-refractivity contribution in [3.8, 4) is 0 Å². The molecule has 102 valence electrons. The SMILES string of the molecule is Cc1ccc(NC(=O)c2cccc(F)c2)cc1[N+](=O)[O-]. The molecule has 0 saturated carbocycles. The normalized spacial score (nSPS) is 10.1. The number of carbonyl (C=O) groups excluding carboxylic acids is 1. The maximum absolute atomic E-state index is 13.0. The van der Waals surface area contributed by atoms with E-state index >= 15 is 0 Å². The lowest BCUT2D eigenvalue weighted by Crippen LogP contribution is -2.12. The van der Waals surface area contributed by atoms with Crippen molar-refractivity contribution in [3.05, 3.63) is 69.5 Å². The maximum atomic E-state index is 13.0. The number of nitrogens with zero attached hydrogens (tertiary/aromatic N) is 1. The molecule has 0 heterocycles. The van der Waals surface area contributed by atoms with E-state index in [0.717, 1.165) is 6.07 Å². The van der Waals surface area contributed by atoms with E-state index in [1.165, 1.54) is 24.3 Å². The maximum Gasteiger partial charge on any atom is 0.274 e. The van der Waals surface area contributed by atoms with Crippen molar-refractivity contribution in [2.45, 2.75) is 6.92 Å². The van der Waals surface area contributed by atoms with Gasteiger partial charge in [0.05, 0.1) is 4.92 Å². The van der Waals surface area contributed by atoms with Gasteiger partial charge in [-0.2, -0.15) is 0 Å². The minimum atomic E-state index is -0.525. The van der Waals surface area contributed by atoms with Gasteiger partial charge in [-0.1, -0.05) is 12.1 Å². The van der Waals surface area contributed by atoms with Gasteiger partial charge >= 0.3 is 0 Å². The molecule has 0 aromatic heterocycles. The van der Waals surface area contributed by atoms with E-state index < -0.39 is 16.6 Å². The van der Waals surface area contributed by atoms with E-state index in [1.807, 2.05) is 0 Å². The average Bonchev–Trinajstić information content (AvgIpc) is 2.40. The molecule has 5 nitrogen and oxygen atoms in total. The number of hydrogen-bond acceptors (Lipinski definition) is 3. The number of nitro groups is 1. The summed E-state index contributed by atoms with van der Waals surface area (Å²) < 4.78 is 13.0. The molecule has 0 fully saturated rings. The molecule has 2 aromatic rings. The van der Waals surface area contributed by atoms with Crippen LogP contribution >= 0.6 is 0 Å². The zero-order chi connectivity index (χ0) is 14.7. The van der Waals surface area contributed by atoms with Gasteiger partial charge in [-0.25, -0.2) is 4.39 Å². The average molecular weight is 274 g/mol. The smallest absolute Gasteiger partial charge is 0.274 e. The number of aryl methyl sites for hydroxylation is 1. The molecule has 2 aromatic carbocycles. The lowest BCUT2D eigenvalue weighted by atomic mass is 10.1. The first-order valence-corrected chi connectivity index (χ1v) is 5.79. The van der Waals surface area contributed by atoms with Crippen LogP contribution in [0, 0.1) is 22.9 Å². The minimum Gasteiger partial charge on any atom is -0.322 e. The summed E-state index contributed by atoms with van der Waals surface area (Å²) in [6.45, 7) is 1.61. The zero-order valence-corrected chi connectivity index (χ0v) is 10.6. The Bertz CT molecular complexity index is 686. The van der Waals surface area contributed by atoms with Crippen LogP contribution in [0.5, 0.6) is 0 Å². The molecule has 6 heteroatoms. The molecular weight excluding hydrogens is 263 g/mol. The van der Waals surface area contributed by atoms with Crippen LogP contribution in [0.1, 0.15) is 15.9 Å². The van der Waals surface area contributed by atoms with E-state index in [9.17, 15) is 19.3 Å². The zero-order valence-electron chi connectivity index (χ0n) is 10.6. The Hall–Kier alpha value is -2.76. The van der Waals surface area contributed by atoms with E-state index in [1.54, 1.807) is 19.1 Å². The monoisotopic (exact) mass is 274 g/mol. The Morgan fingerprint density at radius 3 is 2.65 bits per heavy atom. The highest BCUT2D eigenvalue weighted by Gasteiger charge is 2.13. The van der Waals surface area contributed by atoms with Crippen LogP contribution in [0.3, 0.4) is 0 Å². The Morgan fingerprint density at radius 1 is 1.25 bits per heavy atom. The lowest BCUT2D eigenvalue weighted by Gasteiger charge is -2.06. The fraction of sp³-hybridized carbons (Fsp3) is 0.0714. The summed E-state index contributed by atoms with van der Waals surface area (Å²) >= 11 is 0. The summed E-state index contributed by atoms with van der Waals surface area (Å²) in [4.78, 5) is 22.2. The van der Waals surface area contributed by atoms with Gasteiger partial charge in [-0.3, -0.25) is 14.9 Å². The molecule has 0 unspecified atom stereocenters. The quantitative estimate of drug-likeness (QED) is 0.689. The summed E-state index contributed by atoms with van der Waals surface area (Å²) in [5, 5.41) is 13.3. The van der Waals surface area contributed by atoms with Crippen molar-refractivity contribution in [1.82, 2.24) is 0 Å². The Morgan fingerprint density at radius 2 is 2.00 bits per heavy atom. The third-order valence-corrected chi connectivity index (χ3v) is 2.75. The van der Waals surface area contributed by atoms with Gasteiger partial charge in [-0.05, 0) is 31.2 Å². The van der Waals surface area contributed by atoms with Gasteiger partial charge in [-0.15, -0.1) is 0 Å². The largest absolute Gasteiger partial charge is 0.322 e. The van der Waals surface area contributed by atoms with Crippen LogP contribution in [-0.2, 0) is 0 Å². The molecule has 0 aliphatic carbocycles. The highest BCUT2D eigenvalue weighted by molar-refractivity contribution is 6.04. The molecule has 0 aliphatic rings. The molecule has 0 bridgehead atoms. The van der Waals surface area contributed by atoms with Crippen LogP contribution in [0.2, 0.25) is 0 Å². The Balaban J connectivity index is 2.24. The summed E-state index contributed by atoms with van der Waals surface area (Å²) in [5.41, 5.74) is 0.852. The number of nitro benzene ring substituents is 1. The number of halogens is 1. The first-order valence-electron chi connectivity index (χ1n) is 5.79. The van der Waals surface area contributed by atoms with Crippen LogP contribution in [-0.4, -0.2) is 10.8 Å².